The molecule has 0 aliphatic rings. The molecule has 1 aromatic rings. The summed E-state index contributed by atoms with van der Waals surface area (Å²) in [5.41, 5.74) is 3.71. The van der Waals surface area contributed by atoms with Crippen LogP contribution in [0.5, 0.6) is 0 Å². The van der Waals surface area contributed by atoms with Gasteiger partial charge in [-0.2, -0.15) is 0 Å². The minimum absolute atomic E-state index is 0.0403. The summed E-state index contributed by atoms with van der Waals surface area (Å²) >= 11 is 0. The van der Waals surface area contributed by atoms with E-state index in [1.54, 1.807) is 0 Å². The van der Waals surface area contributed by atoms with Crippen molar-refractivity contribution in [2.24, 2.45) is 0 Å². The first-order chi connectivity index (χ1) is 7.17. The van der Waals surface area contributed by atoms with E-state index in [9.17, 15) is 0 Å². The number of nitrogens with one attached hydrogen (secondary N) is 1. The lowest BCUT2D eigenvalue weighted by Gasteiger charge is -2.13. The molecular weight excluding hydrogens is 190 g/mol. The van der Waals surface area contributed by atoms with Crippen molar-refractivity contribution in [3.63, 3.8) is 0 Å². The number of rotatable bonds is 5. The molecular formula is C12H19NO2. The number of aryl methyl sites for hydroxylation is 2. The Morgan fingerprint density at radius 2 is 1.80 bits per heavy atom. The molecule has 0 bridgehead atoms. The third kappa shape index (κ3) is 3.63. The van der Waals surface area contributed by atoms with Crippen LogP contribution in [0.25, 0.3) is 0 Å². The van der Waals surface area contributed by atoms with E-state index in [2.05, 4.69) is 37.4 Å². The van der Waals surface area contributed by atoms with Crippen LogP contribution in [0.2, 0.25) is 0 Å². The van der Waals surface area contributed by atoms with Gasteiger partial charge in [-0.15, -0.1) is 0 Å². The van der Waals surface area contributed by atoms with Gasteiger partial charge in [0.15, 0.2) is 0 Å². The molecule has 0 amide bonds. The van der Waals surface area contributed by atoms with Crippen molar-refractivity contribution < 1.29 is 10.2 Å². The third-order valence-electron chi connectivity index (χ3n) is 2.61. The number of hydrogen-bond donors (Lipinski definition) is 3. The summed E-state index contributed by atoms with van der Waals surface area (Å²) in [5, 5.41) is 20.8. The van der Waals surface area contributed by atoms with Crippen molar-refractivity contribution in [1.29, 1.82) is 0 Å². The van der Waals surface area contributed by atoms with E-state index in [0.717, 1.165) is 0 Å². The van der Waals surface area contributed by atoms with E-state index >= 15 is 0 Å². The molecule has 0 heterocycles. The number of aliphatic hydroxyl groups is 2. The van der Waals surface area contributed by atoms with Crippen LogP contribution in [0.15, 0.2) is 18.2 Å². The highest BCUT2D eigenvalue weighted by molar-refractivity contribution is 5.29. The van der Waals surface area contributed by atoms with Crippen LogP contribution in [0.4, 0.5) is 0 Å². The topological polar surface area (TPSA) is 52.5 Å². The summed E-state index contributed by atoms with van der Waals surface area (Å²) in [6, 6.07) is 6.03. The predicted molar refractivity (Wildman–Crippen MR) is 60.7 cm³/mol. The maximum Gasteiger partial charge on any atom is 0.0607 e. The Labute approximate surface area is 90.8 Å². The Balaban J connectivity index is 2.54. The molecule has 3 nitrogen and oxygen atoms in total. The number of hydrogen-bond acceptors (Lipinski definition) is 3. The first-order valence-corrected chi connectivity index (χ1v) is 5.18. The van der Waals surface area contributed by atoms with Gasteiger partial charge >= 0.3 is 0 Å². The van der Waals surface area contributed by atoms with Gasteiger partial charge in [0.1, 0.15) is 0 Å². The van der Waals surface area contributed by atoms with Crippen LogP contribution in [0.3, 0.4) is 0 Å². The molecule has 0 radical (unpaired) electrons. The van der Waals surface area contributed by atoms with Crippen molar-refractivity contribution in [2.45, 2.75) is 26.4 Å². The van der Waals surface area contributed by atoms with Gasteiger partial charge in [0.2, 0.25) is 0 Å². The molecule has 0 saturated carbocycles. The normalized spacial score (nSPS) is 11.0. The lowest BCUT2D eigenvalue weighted by molar-refractivity contribution is 0.170. The Morgan fingerprint density at radius 3 is 2.33 bits per heavy atom. The molecule has 84 valence electrons. The first kappa shape index (κ1) is 12.2. The molecule has 0 aliphatic carbocycles. The summed E-state index contributed by atoms with van der Waals surface area (Å²) in [5.74, 6) is 0. The van der Waals surface area contributed by atoms with Crippen LogP contribution >= 0.6 is 0 Å². The van der Waals surface area contributed by atoms with Crippen molar-refractivity contribution in [3.8, 4) is 0 Å². The van der Waals surface area contributed by atoms with Gasteiger partial charge in [-0.25, -0.2) is 0 Å². The molecule has 0 saturated heterocycles. The zero-order valence-electron chi connectivity index (χ0n) is 9.33. The molecule has 3 N–H and O–H groups in total. The van der Waals surface area contributed by atoms with Gasteiger partial charge in [0.25, 0.3) is 0 Å². The quantitative estimate of drug-likeness (QED) is 0.670. The van der Waals surface area contributed by atoms with E-state index in [1.807, 2.05) is 0 Å². The molecule has 1 aromatic carbocycles. The Morgan fingerprint density at radius 1 is 1.13 bits per heavy atom. The minimum atomic E-state index is -0.230. The first-order valence-electron chi connectivity index (χ1n) is 5.18. The van der Waals surface area contributed by atoms with Crippen molar-refractivity contribution >= 4 is 0 Å². The van der Waals surface area contributed by atoms with E-state index in [4.69, 9.17) is 10.2 Å². The highest BCUT2D eigenvalue weighted by atomic mass is 16.3. The van der Waals surface area contributed by atoms with Crippen LogP contribution in [0, 0.1) is 13.8 Å². The van der Waals surface area contributed by atoms with Crippen LogP contribution in [0.1, 0.15) is 16.7 Å². The second-order valence-electron chi connectivity index (χ2n) is 3.86. The summed E-state index contributed by atoms with van der Waals surface area (Å²) in [7, 11) is 0. The van der Waals surface area contributed by atoms with Crippen LogP contribution in [-0.2, 0) is 6.54 Å². The predicted octanol–water partition coefficient (Wildman–Crippen LogP) is 0.746. The van der Waals surface area contributed by atoms with Gasteiger partial charge in [0, 0.05) is 6.54 Å². The minimum Gasteiger partial charge on any atom is -0.395 e. The van der Waals surface area contributed by atoms with Gasteiger partial charge in [-0.3, -0.25) is 0 Å². The number of aliphatic hydroxyl groups excluding tert-OH is 2. The van der Waals surface area contributed by atoms with Crippen molar-refractivity contribution in [1.82, 2.24) is 5.32 Å². The summed E-state index contributed by atoms with van der Waals surface area (Å²) in [4.78, 5) is 0. The summed E-state index contributed by atoms with van der Waals surface area (Å²) in [6.07, 6.45) is 0. The molecule has 0 aromatic heterocycles. The van der Waals surface area contributed by atoms with Crippen molar-refractivity contribution in [3.05, 3.63) is 34.9 Å². The Hall–Kier alpha value is -0.900. The lowest BCUT2D eigenvalue weighted by atomic mass is 10.1. The molecule has 3 heteroatoms. The molecule has 15 heavy (non-hydrogen) atoms. The molecule has 1 rings (SSSR count). The van der Waals surface area contributed by atoms with E-state index in [-0.39, 0.29) is 19.3 Å². The number of benzene rings is 1. The average Bonchev–Trinajstić information content (AvgIpc) is 2.24. The van der Waals surface area contributed by atoms with Gasteiger partial charge < -0.3 is 15.5 Å². The smallest absolute Gasteiger partial charge is 0.0607 e. The fraction of sp³-hybridized carbons (Fsp3) is 0.500. The van der Waals surface area contributed by atoms with Gasteiger partial charge in [-0.05, 0) is 30.5 Å². The molecule has 0 fully saturated rings. The summed E-state index contributed by atoms with van der Waals surface area (Å²) in [6.45, 7) is 4.75. The van der Waals surface area contributed by atoms with E-state index in [1.165, 1.54) is 16.7 Å². The van der Waals surface area contributed by atoms with Gasteiger partial charge in [0.05, 0.1) is 19.3 Å². The van der Waals surface area contributed by atoms with E-state index < -0.39 is 0 Å². The maximum absolute atomic E-state index is 8.88. The standard InChI is InChI=1S/C12H19NO2/c1-9-3-4-11(5-10(9)2)6-13-12(7-14)8-15/h3-5,12-15H,6-8H2,1-2H3. The van der Waals surface area contributed by atoms with E-state index in [0.29, 0.717) is 6.54 Å². The monoisotopic (exact) mass is 209 g/mol. The fourth-order valence-electron chi connectivity index (χ4n) is 1.36. The second-order valence-corrected chi connectivity index (χ2v) is 3.86. The second kappa shape index (κ2) is 5.85. The highest BCUT2D eigenvalue weighted by Gasteiger charge is 2.04. The molecule has 0 spiro atoms. The molecule has 0 unspecified atom stereocenters. The summed E-state index contributed by atoms with van der Waals surface area (Å²) < 4.78 is 0. The maximum atomic E-state index is 8.88. The Kier molecular flexibility index (Phi) is 4.75. The lowest BCUT2D eigenvalue weighted by Crippen LogP contribution is -2.35. The SMILES string of the molecule is Cc1ccc(CNC(CO)CO)cc1C. The zero-order chi connectivity index (χ0) is 11.3. The Bertz CT molecular complexity index is 308. The zero-order valence-corrected chi connectivity index (χ0v) is 9.33. The molecule has 0 aliphatic heterocycles. The average molecular weight is 209 g/mol. The largest absolute Gasteiger partial charge is 0.395 e. The third-order valence-corrected chi connectivity index (χ3v) is 2.61. The van der Waals surface area contributed by atoms with Crippen molar-refractivity contribution in [2.75, 3.05) is 13.2 Å². The highest BCUT2D eigenvalue weighted by Crippen LogP contribution is 2.09. The van der Waals surface area contributed by atoms with Crippen LogP contribution in [-0.4, -0.2) is 29.5 Å². The fourth-order valence-corrected chi connectivity index (χ4v) is 1.36. The van der Waals surface area contributed by atoms with Gasteiger partial charge in [-0.1, -0.05) is 18.2 Å². The molecule has 0 atom stereocenters. The van der Waals surface area contributed by atoms with Crippen LogP contribution < -0.4 is 5.32 Å².